The molecule has 1 aliphatic rings. The van der Waals surface area contributed by atoms with Gasteiger partial charge in [0, 0.05) is 12.6 Å². The summed E-state index contributed by atoms with van der Waals surface area (Å²) < 4.78 is 13.5. The van der Waals surface area contributed by atoms with Gasteiger partial charge in [-0.15, -0.1) is 0 Å². The van der Waals surface area contributed by atoms with Crippen LogP contribution in [0.2, 0.25) is 0 Å². The lowest BCUT2D eigenvalue weighted by Gasteiger charge is -2.23. The summed E-state index contributed by atoms with van der Waals surface area (Å²) in [5, 5.41) is 18.4. The van der Waals surface area contributed by atoms with Crippen LogP contribution in [-0.2, 0) is 6.54 Å². The third-order valence-corrected chi connectivity index (χ3v) is 3.72. The number of nitrogens with zero attached hydrogens (tertiary/aromatic N) is 1. The van der Waals surface area contributed by atoms with Gasteiger partial charge in [0.05, 0.1) is 0 Å². The van der Waals surface area contributed by atoms with E-state index in [1.165, 1.54) is 25.0 Å². The van der Waals surface area contributed by atoms with E-state index in [0.29, 0.717) is 18.5 Å². The first-order chi connectivity index (χ1) is 9.45. The molecule has 0 spiro atoms. The van der Waals surface area contributed by atoms with Gasteiger partial charge in [-0.25, -0.2) is 4.39 Å². The van der Waals surface area contributed by atoms with E-state index in [0.717, 1.165) is 18.5 Å². The van der Waals surface area contributed by atoms with Gasteiger partial charge in [-0.3, -0.25) is 4.90 Å². The Labute approximate surface area is 120 Å². The smallest absolute Gasteiger partial charge is 0.423 e. The molecule has 5 heteroatoms. The zero-order valence-corrected chi connectivity index (χ0v) is 12.2. The van der Waals surface area contributed by atoms with Crippen molar-refractivity contribution in [2.45, 2.75) is 45.7 Å². The molecular weight excluding hydrogens is 256 g/mol. The van der Waals surface area contributed by atoms with Gasteiger partial charge in [-0.1, -0.05) is 19.9 Å². The van der Waals surface area contributed by atoms with Crippen LogP contribution in [0.1, 0.15) is 38.7 Å². The van der Waals surface area contributed by atoms with Crippen LogP contribution in [0, 0.1) is 11.7 Å². The molecule has 0 aromatic heterocycles. The first-order valence-corrected chi connectivity index (χ1v) is 7.35. The van der Waals surface area contributed by atoms with E-state index >= 15 is 0 Å². The second-order valence-corrected chi connectivity index (χ2v) is 6.15. The third-order valence-electron chi connectivity index (χ3n) is 3.72. The van der Waals surface area contributed by atoms with Gasteiger partial charge in [-0.05, 0) is 54.9 Å². The van der Waals surface area contributed by atoms with Crippen LogP contribution in [0.5, 0.6) is 0 Å². The highest BCUT2D eigenvalue weighted by atomic mass is 19.1. The highest BCUT2D eigenvalue weighted by molar-refractivity contribution is 6.58. The van der Waals surface area contributed by atoms with Gasteiger partial charge in [0.15, 0.2) is 0 Å². The van der Waals surface area contributed by atoms with E-state index in [1.807, 2.05) is 0 Å². The van der Waals surface area contributed by atoms with E-state index in [9.17, 15) is 14.4 Å². The molecular formula is C15H23BFNO2. The largest absolute Gasteiger partial charge is 0.488 e. The summed E-state index contributed by atoms with van der Waals surface area (Å²) in [7, 11) is -1.62. The Kier molecular flexibility index (Phi) is 5.19. The molecule has 3 nitrogen and oxygen atoms in total. The van der Waals surface area contributed by atoms with Gasteiger partial charge in [0.25, 0.3) is 0 Å². The minimum absolute atomic E-state index is 0.222. The highest BCUT2D eigenvalue weighted by Gasteiger charge is 2.29. The Hall–Kier alpha value is -0.905. The van der Waals surface area contributed by atoms with Crippen molar-refractivity contribution in [2.75, 3.05) is 6.54 Å². The molecule has 0 amide bonds. The van der Waals surface area contributed by atoms with Crippen molar-refractivity contribution < 1.29 is 14.4 Å². The lowest BCUT2D eigenvalue weighted by atomic mass is 9.79. The fourth-order valence-corrected chi connectivity index (χ4v) is 2.40. The summed E-state index contributed by atoms with van der Waals surface area (Å²) >= 11 is 0. The van der Waals surface area contributed by atoms with Crippen molar-refractivity contribution in [1.82, 2.24) is 4.90 Å². The molecule has 0 bridgehead atoms. The SMILES string of the molecule is CC(C)CCN(Cc1cc(F)cc(B(O)O)c1)C1CC1. The van der Waals surface area contributed by atoms with Crippen LogP contribution in [0.3, 0.4) is 0 Å². The summed E-state index contributed by atoms with van der Waals surface area (Å²) in [6.07, 6.45) is 3.55. The molecule has 0 unspecified atom stereocenters. The molecule has 2 N–H and O–H groups in total. The number of rotatable bonds is 7. The van der Waals surface area contributed by atoms with Gasteiger partial charge < -0.3 is 10.0 Å². The summed E-state index contributed by atoms with van der Waals surface area (Å²) in [6.45, 7) is 6.09. The van der Waals surface area contributed by atoms with Crippen molar-refractivity contribution in [3.63, 3.8) is 0 Å². The number of halogens is 1. The number of hydrogen-bond donors (Lipinski definition) is 2. The molecule has 110 valence electrons. The fraction of sp³-hybridized carbons (Fsp3) is 0.600. The maximum absolute atomic E-state index is 13.5. The van der Waals surface area contributed by atoms with Crippen LogP contribution in [0.15, 0.2) is 18.2 Å². The average Bonchev–Trinajstić information content (AvgIpc) is 3.17. The van der Waals surface area contributed by atoms with Crippen LogP contribution >= 0.6 is 0 Å². The minimum atomic E-state index is -1.62. The van der Waals surface area contributed by atoms with Crippen molar-refractivity contribution in [3.05, 3.63) is 29.6 Å². The third kappa shape index (κ3) is 4.58. The topological polar surface area (TPSA) is 43.7 Å². The van der Waals surface area contributed by atoms with Crippen molar-refractivity contribution in [2.24, 2.45) is 5.92 Å². The lowest BCUT2D eigenvalue weighted by molar-refractivity contribution is 0.239. The van der Waals surface area contributed by atoms with E-state index in [-0.39, 0.29) is 5.46 Å². The Balaban J connectivity index is 2.05. The van der Waals surface area contributed by atoms with E-state index in [4.69, 9.17) is 0 Å². The number of benzene rings is 1. The van der Waals surface area contributed by atoms with Crippen LogP contribution < -0.4 is 5.46 Å². The Morgan fingerprint density at radius 2 is 2.00 bits per heavy atom. The van der Waals surface area contributed by atoms with E-state index in [2.05, 4.69) is 18.7 Å². The minimum Gasteiger partial charge on any atom is -0.423 e. The molecule has 1 aromatic rings. The highest BCUT2D eigenvalue weighted by Crippen LogP contribution is 2.28. The second kappa shape index (κ2) is 6.70. The molecule has 0 aliphatic heterocycles. The summed E-state index contributed by atoms with van der Waals surface area (Å²) in [5.74, 6) is 0.240. The predicted octanol–water partition coefficient (Wildman–Crippen LogP) is 1.52. The first-order valence-electron chi connectivity index (χ1n) is 7.35. The molecule has 0 heterocycles. The van der Waals surface area contributed by atoms with Crippen molar-refractivity contribution in [3.8, 4) is 0 Å². The molecule has 0 atom stereocenters. The molecule has 1 fully saturated rings. The lowest BCUT2D eigenvalue weighted by Crippen LogP contribution is -2.32. The fourth-order valence-electron chi connectivity index (χ4n) is 2.40. The predicted molar refractivity (Wildman–Crippen MR) is 79.1 cm³/mol. The summed E-state index contributed by atoms with van der Waals surface area (Å²) in [6, 6.07) is 4.94. The van der Waals surface area contributed by atoms with E-state index in [1.54, 1.807) is 6.07 Å². The molecule has 1 aliphatic carbocycles. The number of hydrogen-bond acceptors (Lipinski definition) is 3. The summed E-state index contributed by atoms with van der Waals surface area (Å²) in [4.78, 5) is 2.38. The van der Waals surface area contributed by atoms with Gasteiger partial charge in [0.1, 0.15) is 5.82 Å². The van der Waals surface area contributed by atoms with Gasteiger partial charge in [0.2, 0.25) is 0 Å². The normalized spacial score (nSPS) is 15.2. The monoisotopic (exact) mass is 279 g/mol. The van der Waals surface area contributed by atoms with Crippen LogP contribution in [-0.4, -0.2) is 34.7 Å². The average molecular weight is 279 g/mol. The Bertz CT molecular complexity index is 449. The van der Waals surface area contributed by atoms with Crippen LogP contribution in [0.25, 0.3) is 0 Å². The molecule has 0 radical (unpaired) electrons. The molecule has 0 saturated heterocycles. The molecule has 2 rings (SSSR count). The quantitative estimate of drug-likeness (QED) is 0.744. The van der Waals surface area contributed by atoms with Crippen molar-refractivity contribution >= 4 is 12.6 Å². The second-order valence-electron chi connectivity index (χ2n) is 6.15. The zero-order valence-electron chi connectivity index (χ0n) is 12.2. The van der Waals surface area contributed by atoms with Gasteiger partial charge >= 0.3 is 7.12 Å². The zero-order chi connectivity index (χ0) is 14.7. The molecule has 1 aromatic carbocycles. The first kappa shape index (κ1) is 15.5. The maximum atomic E-state index is 13.5. The Morgan fingerprint density at radius 1 is 1.30 bits per heavy atom. The maximum Gasteiger partial charge on any atom is 0.488 e. The van der Waals surface area contributed by atoms with E-state index < -0.39 is 12.9 Å². The molecule has 20 heavy (non-hydrogen) atoms. The molecule has 1 saturated carbocycles. The van der Waals surface area contributed by atoms with Crippen LogP contribution in [0.4, 0.5) is 4.39 Å². The van der Waals surface area contributed by atoms with Gasteiger partial charge in [-0.2, -0.15) is 0 Å². The van der Waals surface area contributed by atoms with Crippen molar-refractivity contribution in [1.29, 1.82) is 0 Å². The Morgan fingerprint density at radius 3 is 2.55 bits per heavy atom. The standard InChI is InChI=1S/C15H23BFNO2/c1-11(2)5-6-18(15-3-4-15)10-12-7-13(16(19)20)9-14(17)8-12/h7-9,11,15,19-20H,3-6,10H2,1-2H3. The summed E-state index contributed by atoms with van der Waals surface area (Å²) in [5.41, 5.74) is 1.03.